The number of aryl methyl sites for hydroxylation is 1. The van der Waals surface area contributed by atoms with Crippen LogP contribution < -0.4 is 11.2 Å². The van der Waals surface area contributed by atoms with Crippen LogP contribution in [-0.4, -0.2) is 39.0 Å². The van der Waals surface area contributed by atoms with Crippen molar-refractivity contribution in [3.05, 3.63) is 91.1 Å². The number of nitrogens with zero attached hydrogens (tertiary/aromatic N) is 3. The molecule has 4 rings (SSSR count). The predicted octanol–water partition coefficient (Wildman–Crippen LogP) is 3.17. The van der Waals surface area contributed by atoms with E-state index in [0.29, 0.717) is 12.1 Å². The second-order valence-electron chi connectivity index (χ2n) is 7.72. The fourth-order valence-corrected chi connectivity index (χ4v) is 4.05. The Morgan fingerprint density at radius 3 is 2.52 bits per heavy atom. The topological polar surface area (TPSA) is 101 Å². The number of nitro benzene ring substituents is 1. The van der Waals surface area contributed by atoms with Gasteiger partial charge in [0.15, 0.2) is 0 Å². The molecular formula is C23H24N4O4. The van der Waals surface area contributed by atoms with Gasteiger partial charge in [0.25, 0.3) is 11.2 Å². The Morgan fingerprint density at radius 2 is 1.81 bits per heavy atom. The molecule has 0 fully saturated rings. The lowest BCUT2D eigenvalue weighted by atomic mass is 9.99. The lowest BCUT2D eigenvalue weighted by molar-refractivity contribution is -0.384. The Balaban J connectivity index is 1.37. The first-order valence-electron chi connectivity index (χ1n) is 10.4. The lowest BCUT2D eigenvalue weighted by Gasteiger charge is -2.26. The number of nitrogens with one attached hydrogen (secondary N) is 1. The molecule has 1 N–H and O–H groups in total. The van der Waals surface area contributed by atoms with E-state index in [9.17, 15) is 19.7 Å². The standard InChI is InChI=1S/C23H24N4O4/c28-22-20-16-19(27(30)31)8-9-21(20)26(23(29)24-22)13-5-4-12-25-14-10-18(11-15-25)17-6-2-1-3-7-17/h1-3,6-10,16H,4-5,11-15H2,(H,24,28,29). The van der Waals surface area contributed by atoms with Crippen molar-refractivity contribution < 1.29 is 4.92 Å². The van der Waals surface area contributed by atoms with Crippen molar-refractivity contribution in [1.82, 2.24) is 14.5 Å². The van der Waals surface area contributed by atoms with Gasteiger partial charge in [-0.15, -0.1) is 0 Å². The molecule has 1 aromatic heterocycles. The van der Waals surface area contributed by atoms with Crippen molar-refractivity contribution >= 4 is 22.2 Å². The first-order chi connectivity index (χ1) is 15.0. The Hall–Kier alpha value is -3.52. The highest BCUT2D eigenvalue weighted by Crippen LogP contribution is 2.22. The predicted molar refractivity (Wildman–Crippen MR) is 120 cm³/mol. The molecule has 160 valence electrons. The molecule has 0 spiro atoms. The van der Waals surface area contributed by atoms with Gasteiger partial charge in [-0.3, -0.25) is 29.4 Å². The van der Waals surface area contributed by atoms with Crippen LogP contribution in [0.15, 0.2) is 64.2 Å². The Bertz CT molecular complexity index is 1240. The van der Waals surface area contributed by atoms with Crippen LogP contribution in [0, 0.1) is 10.1 Å². The van der Waals surface area contributed by atoms with E-state index in [1.807, 2.05) is 6.07 Å². The summed E-state index contributed by atoms with van der Waals surface area (Å²) >= 11 is 0. The van der Waals surface area contributed by atoms with Crippen LogP contribution in [0.4, 0.5) is 5.69 Å². The molecule has 8 heteroatoms. The van der Waals surface area contributed by atoms with Crippen molar-refractivity contribution in [2.24, 2.45) is 0 Å². The molecule has 8 nitrogen and oxygen atoms in total. The molecule has 2 aromatic carbocycles. The van der Waals surface area contributed by atoms with Crippen LogP contribution in [0.5, 0.6) is 0 Å². The van der Waals surface area contributed by atoms with E-state index in [1.165, 1.54) is 33.9 Å². The number of rotatable bonds is 7. The Morgan fingerprint density at radius 1 is 1.03 bits per heavy atom. The Kier molecular flexibility index (Phi) is 6.08. The average molecular weight is 420 g/mol. The van der Waals surface area contributed by atoms with E-state index in [0.717, 1.165) is 38.9 Å². The molecule has 2 heterocycles. The smallest absolute Gasteiger partial charge is 0.299 e. The summed E-state index contributed by atoms with van der Waals surface area (Å²) in [5.74, 6) is 0. The van der Waals surface area contributed by atoms with E-state index < -0.39 is 16.2 Å². The third-order valence-corrected chi connectivity index (χ3v) is 5.74. The number of benzene rings is 2. The van der Waals surface area contributed by atoms with Crippen LogP contribution >= 0.6 is 0 Å². The summed E-state index contributed by atoms with van der Waals surface area (Å²) in [5.41, 5.74) is 1.84. The van der Waals surface area contributed by atoms with Crippen molar-refractivity contribution in [3.63, 3.8) is 0 Å². The number of nitro groups is 1. The summed E-state index contributed by atoms with van der Waals surface area (Å²) in [7, 11) is 0. The van der Waals surface area contributed by atoms with Gasteiger partial charge < -0.3 is 0 Å². The third-order valence-electron chi connectivity index (χ3n) is 5.74. The highest BCUT2D eigenvalue weighted by molar-refractivity contribution is 5.80. The number of aromatic amines is 1. The molecule has 1 aliphatic heterocycles. The molecule has 3 aromatic rings. The molecule has 0 aliphatic carbocycles. The highest BCUT2D eigenvalue weighted by Gasteiger charge is 2.14. The third kappa shape index (κ3) is 4.64. The number of non-ortho nitro benzene ring substituents is 1. The summed E-state index contributed by atoms with van der Waals surface area (Å²) in [6, 6.07) is 14.4. The zero-order valence-electron chi connectivity index (χ0n) is 17.1. The first kappa shape index (κ1) is 20.7. The zero-order valence-corrected chi connectivity index (χ0v) is 17.1. The molecule has 0 bridgehead atoms. The molecular weight excluding hydrogens is 396 g/mol. The van der Waals surface area contributed by atoms with Gasteiger partial charge >= 0.3 is 5.69 Å². The van der Waals surface area contributed by atoms with Gasteiger partial charge in [0.05, 0.1) is 15.8 Å². The minimum absolute atomic E-state index is 0.156. The molecule has 31 heavy (non-hydrogen) atoms. The molecule has 0 unspecified atom stereocenters. The van der Waals surface area contributed by atoms with E-state index in [-0.39, 0.29) is 11.1 Å². The molecule has 0 amide bonds. The summed E-state index contributed by atoms with van der Waals surface area (Å²) in [4.78, 5) is 39.5. The van der Waals surface area contributed by atoms with Crippen molar-refractivity contribution in [3.8, 4) is 0 Å². The van der Waals surface area contributed by atoms with Crippen molar-refractivity contribution in [1.29, 1.82) is 0 Å². The van der Waals surface area contributed by atoms with E-state index in [4.69, 9.17) is 0 Å². The lowest BCUT2D eigenvalue weighted by Crippen LogP contribution is -2.31. The SMILES string of the molecule is O=c1[nH]c(=O)n(CCCCN2CC=C(c3ccccc3)CC2)c2ccc([N+](=O)[O-])cc12. The van der Waals surface area contributed by atoms with Crippen LogP contribution in [0.2, 0.25) is 0 Å². The summed E-state index contributed by atoms with van der Waals surface area (Å²) in [6.45, 7) is 3.30. The number of hydrogen-bond acceptors (Lipinski definition) is 5. The van der Waals surface area contributed by atoms with Crippen LogP contribution in [0.25, 0.3) is 16.5 Å². The van der Waals surface area contributed by atoms with E-state index in [1.54, 1.807) is 0 Å². The zero-order chi connectivity index (χ0) is 21.8. The molecule has 0 saturated heterocycles. The molecule has 0 saturated carbocycles. The summed E-state index contributed by atoms with van der Waals surface area (Å²) < 4.78 is 1.49. The normalized spacial score (nSPS) is 14.5. The fraction of sp³-hybridized carbons (Fsp3) is 0.304. The van der Waals surface area contributed by atoms with Gasteiger partial charge in [-0.2, -0.15) is 0 Å². The number of fused-ring (bicyclic) bond motifs is 1. The van der Waals surface area contributed by atoms with Crippen molar-refractivity contribution in [2.75, 3.05) is 19.6 Å². The van der Waals surface area contributed by atoms with Gasteiger partial charge in [0, 0.05) is 31.8 Å². The Labute approximate surface area is 178 Å². The van der Waals surface area contributed by atoms with Gasteiger partial charge in [-0.25, -0.2) is 4.79 Å². The second kappa shape index (κ2) is 9.09. The summed E-state index contributed by atoms with van der Waals surface area (Å²) in [5, 5.41) is 11.1. The maximum atomic E-state index is 12.3. The monoisotopic (exact) mass is 420 g/mol. The largest absolute Gasteiger partial charge is 0.328 e. The maximum absolute atomic E-state index is 12.3. The fourth-order valence-electron chi connectivity index (χ4n) is 4.05. The van der Waals surface area contributed by atoms with Crippen LogP contribution in [0.3, 0.4) is 0 Å². The second-order valence-corrected chi connectivity index (χ2v) is 7.72. The number of unbranched alkanes of at least 4 members (excludes halogenated alkanes) is 1. The van der Waals surface area contributed by atoms with Gasteiger partial charge in [-0.05, 0) is 43.0 Å². The highest BCUT2D eigenvalue weighted by atomic mass is 16.6. The summed E-state index contributed by atoms with van der Waals surface area (Å²) in [6.07, 6.45) is 4.98. The number of hydrogen-bond donors (Lipinski definition) is 1. The van der Waals surface area contributed by atoms with Crippen molar-refractivity contribution in [2.45, 2.75) is 25.8 Å². The van der Waals surface area contributed by atoms with Crippen LogP contribution in [0.1, 0.15) is 24.8 Å². The number of H-pyrrole nitrogens is 1. The first-order valence-corrected chi connectivity index (χ1v) is 10.4. The van der Waals surface area contributed by atoms with Gasteiger partial charge in [0.2, 0.25) is 0 Å². The quantitative estimate of drug-likeness (QED) is 0.359. The maximum Gasteiger partial charge on any atom is 0.328 e. The molecule has 0 radical (unpaired) electrons. The molecule has 1 aliphatic rings. The van der Waals surface area contributed by atoms with Gasteiger partial charge in [0.1, 0.15) is 0 Å². The minimum Gasteiger partial charge on any atom is -0.299 e. The van der Waals surface area contributed by atoms with Gasteiger partial charge in [-0.1, -0.05) is 36.4 Å². The van der Waals surface area contributed by atoms with Crippen LogP contribution in [-0.2, 0) is 6.54 Å². The number of aromatic nitrogens is 2. The van der Waals surface area contributed by atoms with E-state index in [2.05, 4.69) is 40.2 Å². The minimum atomic E-state index is -0.603. The molecule has 0 atom stereocenters. The van der Waals surface area contributed by atoms with E-state index >= 15 is 0 Å². The average Bonchev–Trinajstić information content (AvgIpc) is 2.79.